The van der Waals surface area contributed by atoms with Crippen LogP contribution in [0.3, 0.4) is 0 Å². The van der Waals surface area contributed by atoms with Crippen LogP contribution in [0.5, 0.6) is 0 Å². The van der Waals surface area contributed by atoms with E-state index in [0.29, 0.717) is 6.54 Å². The first-order valence-electron chi connectivity index (χ1n) is 6.36. The van der Waals surface area contributed by atoms with Gasteiger partial charge in [-0.05, 0) is 13.0 Å². The topological polar surface area (TPSA) is 188 Å². The second-order valence-electron chi connectivity index (χ2n) is 4.51. The second kappa shape index (κ2) is 9.71. The van der Waals surface area contributed by atoms with Gasteiger partial charge in [0.25, 0.3) is 0 Å². The molecule has 0 saturated heterocycles. The van der Waals surface area contributed by atoms with E-state index in [-0.39, 0.29) is 39.1 Å². The van der Waals surface area contributed by atoms with Crippen LogP contribution in [-0.2, 0) is 13.9 Å². The lowest BCUT2D eigenvalue weighted by Gasteiger charge is -2.22. The zero-order chi connectivity index (χ0) is 17.4. The van der Waals surface area contributed by atoms with Gasteiger partial charge in [0.15, 0.2) is 0 Å². The van der Waals surface area contributed by atoms with E-state index < -0.39 is 26.6 Å². The molecule has 0 bridgehead atoms. The van der Waals surface area contributed by atoms with Gasteiger partial charge in [-0.3, -0.25) is 18.8 Å². The first-order chi connectivity index (χ1) is 10.0. The van der Waals surface area contributed by atoms with E-state index in [2.05, 4.69) is 0 Å². The van der Waals surface area contributed by atoms with Gasteiger partial charge in [-0.2, -0.15) is 0 Å². The summed E-state index contributed by atoms with van der Waals surface area (Å²) < 4.78 is 22.0. The molecule has 0 radical (unpaired) electrons. The Kier molecular flexibility index (Phi) is 9.56. The van der Waals surface area contributed by atoms with Crippen LogP contribution in [0.1, 0.15) is 12.8 Å². The van der Waals surface area contributed by atoms with Crippen molar-refractivity contribution < 1.29 is 43.7 Å². The molecule has 0 spiro atoms. The molecule has 0 heterocycles. The van der Waals surface area contributed by atoms with Crippen LogP contribution in [-0.4, -0.2) is 79.0 Å². The average molecular weight is 364 g/mol. The Morgan fingerprint density at radius 2 is 1.41 bits per heavy atom. The van der Waals surface area contributed by atoms with Crippen LogP contribution < -0.4 is 5.32 Å². The zero-order valence-corrected chi connectivity index (χ0v) is 13.6. The molecule has 0 aliphatic rings. The SMILES string of the molecule is O=C(CCCN(CCO)CCO)NC(P(=O)(O)O)P(=O)(O)O. The highest BCUT2D eigenvalue weighted by molar-refractivity contribution is 7.70. The van der Waals surface area contributed by atoms with Crippen molar-refractivity contribution in [2.24, 2.45) is 0 Å². The molecule has 13 heteroatoms. The maximum atomic E-state index is 11.5. The molecule has 0 fully saturated rings. The summed E-state index contributed by atoms with van der Waals surface area (Å²) in [5.74, 6) is -0.912. The van der Waals surface area contributed by atoms with E-state index in [0.717, 1.165) is 0 Å². The normalized spacial score (nSPS) is 12.9. The van der Waals surface area contributed by atoms with Crippen LogP contribution in [0, 0.1) is 0 Å². The molecule has 11 nitrogen and oxygen atoms in total. The molecule has 0 unspecified atom stereocenters. The molecule has 0 aliphatic carbocycles. The van der Waals surface area contributed by atoms with E-state index in [4.69, 9.17) is 29.8 Å². The molecule has 1 amide bonds. The van der Waals surface area contributed by atoms with Gasteiger partial charge >= 0.3 is 15.2 Å². The fourth-order valence-corrected chi connectivity index (χ4v) is 3.85. The molecule has 0 rings (SSSR count). The predicted octanol–water partition coefficient (Wildman–Crippen LogP) is -2.19. The van der Waals surface area contributed by atoms with Crippen molar-refractivity contribution in [2.45, 2.75) is 18.4 Å². The van der Waals surface area contributed by atoms with E-state index in [1.807, 2.05) is 0 Å². The molecule has 0 atom stereocenters. The molecule has 7 N–H and O–H groups in total. The number of aliphatic hydroxyl groups is 2. The molecule has 132 valence electrons. The molecular weight excluding hydrogens is 342 g/mol. The Labute approximate surface area is 127 Å². The van der Waals surface area contributed by atoms with E-state index in [1.54, 1.807) is 10.2 Å². The lowest BCUT2D eigenvalue weighted by atomic mass is 10.2. The minimum Gasteiger partial charge on any atom is -0.395 e. The number of amides is 1. The Hall–Kier alpha value is -0.350. The summed E-state index contributed by atoms with van der Waals surface area (Å²) in [5.41, 5.74) is -2.56. The minimum atomic E-state index is -5.20. The average Bonchev–Trinajstić information content (AvgIpc) is 2.33. The largest absolute Gasteiger partial charge is 0.395 e. The third-order valence-electron chi connectivity index (χ3n) is 2.64. The van der Waals surface area contributed by atoms with Gasteiger partial charge in [0.05, 0.1) is 13.2 Å². The molecule has 0 aromatic heterocycles. The summed E-state index contributed by atoms with van der Waals surface area (Å²) in [5, 5.41) is 19.2. The number of nitrogens with one attached hydrogen (secondary N) is 1. The van der Waals surface area contributed by atoms with Gasteiger partial charge < -0.3 is 35.1 Å². The van der Waals surface area contributed by atoms with E-state index in [9.17, 15) is 13.9 Å². The molecule has 22 heavy (non-hydrogen) atoms. The summed E-state index contributed by atoms with van der Waals surface area (Å²) in [6.45, 7) is 0.631. The van der Waals surface area contributed by atoms with Gasteiger partial charge in [-0.25, -0.2) is 0 Å². The summed E-state index contributed by atoms with van der Waals surface area (Å²) in [7, 11) is -10.4. The second-order valence-corrected chi connectivity index (χ2v) is 8.31. The number of carbonyl (C=O) groups is 1. The number of hydrogen-bond donors (Lipinski definition) is 7. The highest BCUT2D eigenvalue weighted by atomic mass is 31.2. The van der Waals surface area contributed by atoms with Crippen LogP contribution in [0.25, 0.3) is 0 Å². The van der Waals surface area contributed by atoms with E-state index in [1.165, 1.54) is 0 Å². The summed E-state index contributed by atoms with van der Waals surface area (Å²) >= 11 is 0. The number of carbonyl (C=O) groups excluding carboxylic acids is 1. The Balaban J connectivity index is 4.43. The molecule has 0 aromatic carbocycles. The lowest BCUT2D eigenvalue weighted by Crippen LogP contribution is -2.36. The van der Waals surface area contributed by atoms with Gasteiger partial charge in [0.2, 0.25) is 11.4 Å². The molecule has 0 aliphatic heterocycles. The van der Waals surface area contributed by atoms with Crippen molar-refractivity contribution in [3.63, 3.8) is 0 Å². The highest BCUT2D eigenvalue weighted by Gasteiger charge is 2.44. The number of rotatable bonds is 11. The molecule has 0 aromatic rings. The Bertz CT molecular complexity index is 407. The third kappa shape index (κ3) is 8.94. The monoisotopic (exact) mass is 364 g/mol. The highest BCUT2D eigenvalue weighted by Crippen LogP contribution is 2.58. The van der Waals surface area contributed by atoms with Crippen LogP contribution in [0.2, 0.25) is 0 Å². The van der Waals surface area contributed by atoms with Crippen LogP contribution in [0.4, 0.5) is 0 Å². The summed E-state index contributed by atoms with van der Waals surface area (Å²) in [6.07, 6.45) is 0.00469. The standard InChI is InChI=1S/C9H22N2O9P2/c12-6-4-11(5-7-13)3-1-2-8(14)10-9(21(15,16)17)22(18,19)20/h9,12-13H,1-7H2,(H,10,14)(H2,15,16,17)(H2,18,19,20). The first kappa shape index (κ1) is 21.6. The van der Waals surface area contributed by atoms with Crippen LogP contribution >= 0.6 is 15.2 Å². The van der Waals surface area contributed by atoms with Crippen molar-refractivity contribution in [1.82, 2.24) is 10.2 Å². The van der Waals surface area contributed by atoms with Gasteiger partial charge in [-0.15, -0.1) is 0 Å². The van der Waals surface area contributed by atoms with Gasteiger partial charge in [0, 0.05) is 19.5 Å². The fraction of sp³-hybridized carbons (Fsp3) is 0.889. The summed E-state index contributed by atoms with van der Waals surface area (Å²) in [6, 6.07) is 0. The minimum absolute atomic E-state index is 0.134. The predicted molar refractivity (Wildman–Crippen MR) is 75.9 cm³/mol. The first-order valence-corrected chi connectivity index (χ1v) is 9.72. The van der Waals surface area contributed by atoms with Crippen molar-refractivity contribution in [3.05, 3.63) is 0 Å². The number of nitrogens with zero attached hydrogens (tertiary/aromatic N) is 1. The lowest BCUT2D eigenvalue weighted by molar-refractivity contribution is -0.121. The molecular formula is C9H22N2O9P2. The van der Waals surface area contributed by atoms with Gasteiger partial charge in [0.1, 0.15) is 0 Å². The van der Waals surface area contributed by atoms with Crippen molar-refractivity contribution in [3.8, 4) is 0 Å². The third-order valence-corrected chi connectivity index (χ3v) is 5.98. The van der Waals surface area contributed by atoms with Crippen molar-refractivity contribution in [2.75, 3.05) is 32.8 Å². The smallest absolute Gasteiger partial charge is 0.360 e. The summed E-state index contributed by atoms with van der Waals surface area (Å²) in [4.78, 5) is 48.6. The molecule has 0 saturated carbocycles. The van der Waals surface area contributed by atoms with Gasteiger partial charge in [-0.1, -0.05) is 0 Å². The zero-order valence-electron chi connectivity index (χ0n) is 11.8. The van der Waals surface area contributed by atoms with Crippen molar-refractivity contribution >= 4 is 21.1 Å². The maximum Gasteiger partial charge on any atom is 0.360 e. The quantitative estimate of drug-likeness (QED) is 0.198. The Morgan fingerprint density at radius 1 is 0.955 bits per heavy atom. The maximum absolute atomic E-state index is 11.5. The fourth-order valence-electron chi connectivity index (χ4n) is 1.66. The van der Waals surface area contributed by atoms with Crippen LogP contribution in [0.15, 0.2) is 0 Å². The van der Waals surface area contributed by atoms with Crippen molar-refractivity contribution in [1.29, 1.82) is 0 Å². The number of hydrogen-bond acceptors (Lipinski definition) is 6. The Morgan fingerprint density at radius 3 is 1.77 bits per heavy atom. The van der Waals surface area contributed by atoms with E-state index >= 15 is 0 Å². The number of aliphatic hydroxyl groups excluding tert-OH is 2.